The van der Waals surface area contributed by atoms with E-state index in [-0.39, 0.29) is 17.9 Å². The van der Waals surface area contributed by atoms with Gasteiger partial charge in [-0.3, -0.25) is 14.9 Å². The predicted octanol–water partition coefficient (Wildman–Crippen LogP) is 2.65. The Hall–Kier alpha value is -3.76. The normalized spacial score (nSPS) is 10.3. The van der Waals surface area contributed by atoms with E-state index in [1.807, 2.05) is 0 Å². The number of ether oxygens (including phenoxy) is 2. The summed E-state index contributed by atoms with van der Waals surface area (Å²) >= 11 is 0. The molecule has 0 bridgehead atoms. The molecule has 0 aliphatic heterocycles. The Balaban J connectivity index is 2.06. The maximum Gasteiger partial charge on any atom is 0.355 e. The third kappa shape index (κ3) is 4.94. The van der Waals surface area contributed by atoms with E-state index in [0.29, 0.717) is 11.3 Å². The number of halogens is 1. The van der Waals surface area contributed by atoms with Gasteiger partial charge in [-0.05, 0) is 32.4 Å². The zero-order valence-electron chi connectivity index (χ0n) is 15.8. The number of nitro benzene ring substituents is 1. The molecule has 0 saturated carbocycles. The molecule has 0 unspecified atom stereocenters. The van der Waals surface area contributed by atoms with Crippen LogP contribution in [0.4, 0.5) is 15.8 Å². The molecule has 154 valence electrons. The Labute approximate surface area is 164 Å². The first-order valence-electron chi connectivity index (χ1n) is 8.42. The van der Waals surface area contributed by atoms with Crippen LogP contribution in [-0.4, -0.2) is 41.0 Å². The lowest BCUT2D eigenvalue weighted by Crippen LogP contribution is -2.22. The van der Waals surface area contributed by atoms with Crippen LogP contribution < -0.4 is 5.32 Å². The van der Waals surface area contributed by atoms with E-state index < -0.39 is 46.6 Å². The van der Waals surface area contributed by atoms with Gasteiger partial charge >= 0.3 is 11.9 Å². The number of nitrogens with one attached hydrogen (secondary N) is 2. The number of benzene rings is 1. The van der Waals surface area contributed by atoms with E-state index in [9.17, 15) is 28.9 Å². The molecule has 0 atom stereocenters. The monoisotopic (exact) mass is 407 g/mol. The molecule has 1 aromatic heterocycles. The van der Waals surface area contributed by atoms with Gasteiger partial charge in [-0.15, -0.1) is 0 Å². The molecular formula is C18H18FN3O7. The maximum atomic E-state index is 13.7. The van der Waals surface area contributed by atoms with Crippen molar-refractivity contribution in [3.63, 3.8) is 0 Å². The van der Waals surface area contributed by atoms with Gasteiger partial charge in [0.1, 0.15) is 11.5 Å². The Bertz CT molecular complexity index is 984. The van der Waals surface area contributed by atoms with Crippen molar-refractivity contribution in [2.45, 2.75) is 20.8 Å². The molecule has 1 heterocycles. The zero-order valence-corrected chi connectivity index (χ0v) is 15.8. The fourth-order valence-electron chi connectivity index (χ4n) is 2.58. The lowest BCUT2D eigenvalue weighted by molar-refractivity contribution is -0.384. The minimum absolute atomic E-state index is 0.0717. The minimum atomic E-state index is -0.894. The van der Waals surface area contributed by atoms with E-state index in [1.165, 1.54) is 6.92 Å². The fourth-order valence-corrected chi connectivity index (χ4v) is 2.58. The van der Waals surface area contributed by atoms with E-state index in [1.54, 1.807) is 13.8 Å². The number of carbonyl (C=O) groups excluding carboxylic acids is 3. The number of aryl methyl sites for hydroxylation is 1. The van der Waals surface area contributed by atoms with Crippen LogP contribution in [0.25, 0.3) is 0 Å². The number of non-ortho nitro benzene ring substituents is 1. The third-order valence-electron chi connectivity index (χ3n) is 3.89. The summed E-state index contributed by atoms with van der Waals surface area (Å²) in [5, 5.41) is 12.8. The van der Waals surface area contributed by atoms with Crippen LogP contribution in [0.3, 0.4) is 0 Å². The number of H-pyrrole nitrogens is 1. The SMILES string of the molecule is CCOC(=O)c1[nH]c(C)c(C(=O)OCC(=O)Nc2cc([N+](=O)[O-])ccc2F)c1C. The molecule has 0 aliphatic carbocycles. The van der Waals surface area contributed by atoms with Gasteiger partial charge in [0.15, 0.2) is 6.61 Å². The van der Waals surface area contributed by atoms with Crippen LogP contribution >= 0.6 is 0 Å². The molecule has 2 aromatic rings. The standard InChI is InChI=1S/C18H18FN3O7/c1-4-28-18(25)16-9(2)15(10(3)20-16)17(24)29-8-14(23)21-13-7-11(22(26)27)5-6-12(13)19/h5-7,20H,4,8H2,1-3H3,(H,21,23). The second kappa shape index (κ2) is 8.95. The Morgan fingerprint density at radius 2 is 1.90 bits per heavy atom. The molecule has 1 aromatic carbocycles. The molecule has 0 aliphatic rings. The van der Waals surface area contributed by atoms with Crippen LogP contribution in [0.1, 0.15) is 39.0 Å². The van der Waals surface area contributed by atoms with Gasteiger partial charge in [0.2, 0.25) is 0 Å². The van der Waals surface area contributed by atoms with Crippen molar-refractivity contribution in [3.8, 4) is 0 Å². The molecule has 10 nitrogen and oxygen atoms in total. The van der Waals surface area contributed by atoms with Crippen molar-refractivity contribution >= 4 is 29.2 Å². The first-order chi connectivity index (χ1) is 13.6. The minimum Gasteiger partial charge on any atom is -0.461 e. The Kier molecular flexibility index (Phi) is 6.65. The van der Waals surface area contributed by atoms with Crippen LogP contribution in [0.5, 0.6) is 0 Å². The second-order valence-corrected chi connectivity index (χ2v) is 5.89. The topological polar surface area (TPSA) is 141 Å². The fraction of sp³-hybridized carbons (Fsp3) is 0.278. The van der Waals surface area contributed by atoms with Gasteiger partial charge in [-0.1, -0.05) is 0 Å². The summed E-state index contributed by atoms with van der Waals surface area (Å²) in [6, 6.07) is 2.63. The number of aromatic amines is 1. The number of esters is 2. The highest BCUT2D eigenvalue weighted by Crippen LogP contribution is 2.22. The smallest absolute Gasteiger partial charge is 0.355 e. The van der Waals surface area contributed by atoms with Crippen molar-refractivity contribution < 1.29 is 33.2 Å². The molecular weight excluding hydrogens is 389 g/mol. The summed E-state index contributed by atoms with van der Waals surface area (Å²) in [4.78, 5) is 48.9. The van der Waals surface area contributed by atoms with Crippen LogP contribution in [-0.2, 0) is 14.3 Å². The number of aromatic nitrogens is 1. The van der Waals surface area contributed by atoms with E-state index in [2.05, 4.69) is 10.3 Å². The van der Waals surface area contributed by atoms with Crippen molar-refractivity contribution in [2.24, 2.45) is 0 Å². The average Bonchev–Trinajstić information content (AvgIpc) is 2.96. The van der Waals surface area contributed by atoms with E-state index >= 15 is 0 Å². The molecule has 2 N–H and O–H groups in total. The van der Waals surface area contributed by atoms with E-state index in [0.717, 1.165) is 18.2 Å². The first kappa shape index (κ1) is 21.5. The highest BCUT2D eigenvalue weighted by molar-refractivity contribution is 6.00. The summed E-state index contributed by atoms with van der Waals surface area (Å²) in [5.41, 5.74) is -0.0128. The Morgan fingerprint density at radius 1 is 1.21 bits per heavy atom. The molecule has 29 heavy (non-hydrogen) atoms. The second-order valence-electron chi connectivity index (χ2n) is 5.89. The largest absolute Gasteiger partial charge is 0.461 e. The number of anilines is 1. The first-order valence-corrected chi connectivity index (χ1v) is 8.42. The molecule has 1 amide bonds. The molecule has 0 spiro atoms. The van der Waals surface area contributed by atoms with Gasteiger partial charge in [-0.2, -0.15) is 0 Å². The van der Waals surface area contributed by atoms with E-state index in [4.69, 9.17) is 9.47 Å². The summed E-state index contributed by atoms with van der Waals surface area (Å²) in [7, 11) is 0. The average molecular weight is 407 g/mol. The van der Waals surface area contributed by atoms with Crippen molar-refractivity contribution in [1.82, 2.24) is 4.98 Å². The number of carbonyl (C=O) groups is 3. The molecule has 0 saturated heterocycles. The molecule has 11 heteroatoms. The van der Waals surface area contributed by atoms with Crippen molar-refractivity contribution in [3.05, 3.63) is 56.6 Å². The van der Waals surface area contributed by atoms with Crippen LogP contribution in [0.15, 0.2) is 18.2 Å². The molecule has 0 radical (unpaired) electrons. The lowest BCUT2D eigenvalue weighted by Gasteiger charge is -2.08. The number of rotatable bonds is 7. The number of hydrogen-bond donors (Lipinski definition) is 2. The predicted molar refractivity (Wildman–Crippen MR) is 98.2 cm³/mol. The van der Waals surface area contributed by atoms with Gasteiger partial charge in [0.25, 0.3) is 11.6 Å². The molecule has 0 fully saturated rings. The Morgan fingerprint density at radius 3 is 2.52 bits per heavy atom. The van der Waals surface area contributed by atoms with Crippen LogP contribution in [0, 0.1) is 29.8 Å². The van der Waals surface area contributed by atoms with Gasteiger partial charge < -0.3 is 19.8 Å². The lowest BCUT2D eigenvalue weighted by atomic mass is 10.1. The quantitative estimate of drug-likeness (QED) is 0.408. The number of amides is 1. The summed E-state index contributed by atoms with van der Waals surface area (Å²) in [6.45, 7) is 4.10. The third-order valence-corrected chi connectivity index (χ3v) is 3.89. The highest BCUT2D eigenvalue weighted by atomic mass is 19.1. The summed E-state index contributed by atoms with van der Waals surface area (Å²) in [5.74, 6) is -3.28. The van der Waals surface area contributed by atoms with Crippen LogP contribution in [0.2, 0.25) is 0 Å². The zero-order chi connectivity index (χ0) is 21.7. The molecule has 2 rings (SSSR count). The summed E-state index contributed by atoms with van der Waals surface area (Å²) < 4.78 is 23.5. The highest BCUT2D eigenvalue weighted by Gasteiger charge is 2.24. The van der Waals surface area contributed by atoms with Crippen molar-refractivity contribution in [1.29, 1.82) is 0 Å². The van der Waals surface area contributed by atoms with Gasteiger partial charge in [0, 0.05) is 17.8 Å². The van der Waals surface area contributed by atoms with Gasteiger partial charge in [0.05, 0.1) is 22.8 Å². The number of nitrogens with zero attached hydrogens (tertiary/aromatic N) is 1. The van der Waals surface area contributed by atoms with Gasteiger partial charge in [-0.25, -0.2) is 14.0 Å². The number of nitro groups is 1. The summed E-state index contributed by atoms with van der Waals surface area (Å²) in [6.07, 6.45) is 0. The number of hydrogen-bond acceptors (Lipinski definition) is 7. The van der Waals surface area contributed by atoms with Crippen molar-refractivity contribution in [2.75, 3.05) is 18.5 Å². The maximum absolute atomic E-state index is 13.7.